The van der Waals surface area contributed by atoms with E-state index < -0.39 is 0 Å². The van der Waals surface area contributed by atoms with E-state index in [2.05, 4.69) is 17.1 Å². The van der Waals surface area contributed by atoms with Crippen LogP contribution >= 0.6 is 23.4 Å². The fourth-order valence-electron chi connectivity index (χ4n) is 1.44. The SMILES string of the molecule is C=CCSCCNCc1ccc(/C(N)=N\O)cc1Cl. The van der Waals surface area contributed by atoms with Gasteiger partial charge in [-0.2, -0.15) is 11.8 Å². The maximum absolute atomic E-state index is 8.59. The number of hydrogen-bond donors (Lipinski definition) is 3. The first-order chi connectivity index (χ1) is 9.19. The van der Waals surface area contributed by atoms with E-state index in [4.69, 9.17) is 22.5 Å². The predicted octanol–water partition coefficient (Wildman–Crippen LogP) is 2.44. The van der Waals surface area contributed by atoms with E-state index in [1.54, 1.807) is 12.1 Å². The largest absolute Gasteiger partial charge is 0.409 e. The lowest BCUT2D eigenvalue weighted by molar-refractivity contribution is 0.318. The first kappa shape index (κ1) is 15.9. The van der Waals surface area contributed by atoms with Crippen molar-refractivity contribution in [1.82, 2.24) is 5.32 Å². The zero-order chi connectivity index (χ0) is 14.1. The molecule has 6 heteroatoms. The van der Waals surface area contributed by atoms with Crippen molar-refractivity contribution in [3.63, 3.8) is 0 Å². The number of nitrogens with two attached hydrogens (primary N) is 1. The summed E-state index contributed by atoms with van der Waals surface area (Å²) in [6, 6.07) is 5.35. The molecule has 4 N–H and O–H groups in total. The fourth-order valence-corrected chi connectivity index (χ4v) is 2.31. The second kappa shape index (κ2) is 8.85. The Balaban J connectivity index is 2.44. The monoisotopic (exact) mass is 299 g/mol. The predicted molar refractivity (Wildman–Crippen MR) is 83.2 cm³/mol. The highest BCUT2D eigenvalue weighted by Gasteiger charge is 2.04. The number of hydrogen-bond acceptors (Lipinski definition) is 4. The molecule has 0 saturated heterocycles. The molecule has 19 heavy (non-hydrogen) atoms. The number of nitrogens with one attached hydrogen (secondary N) is 1. The highest BCUT2D eigenvalue weighted by molar-refractivity contribution is 7.99. The van der Waals surface area contributed by atoms with Crippen LogP contribution in [0, 0.1) is 0 Å². The molecule has 0 unspecified atom stereocenters. The number of halogens is 1. The van der Waals surface area contributed by atoms with Gasteiger partial charge < -0.3 is 16.3 Å². The molecule has 0 heterocycles. The standard InChI is InChI=1S/C13H18ClN3OS/c1-2-6-19-7-5-16-9-11-4-3-10(8-12(11)14)13(15)17-18/h2-4,8,16,18H,1,5-7,9H2,(H2,15,17). The number of nitrogens with zero attached hydrogens (tertiary/aromatic N) is 1. The van der Waals surface area contributed by atoms with Crippen LogP contribution < -0.4 is 11.1 Å². The molecule has 4 nitrogen and oxygen atoms in total. The van der Waals surface area contributed by atoms with Crippen LogP contribution in [-0.2, 0) is 6.54 Å². The molecule has 0 amide bonds. The van der Waals surface area contributed by atoms with Crippen molar-refractivity contribution < 1.29 is 5.21 Å². The summed E-state index contributed by atoms with van der Waals surface area (Å²) < 4.78 is 0. The lowest BCUT2D eigenvalue weighted by atomic mass is 10.1. The summed E-state index contributed by atoms with van der Waals surface area (Å²) in [6.45, 7) is 5.28. The lowest BCUT2D eigenvalue weighted by Gasteiger charge is -2.08. The van der Waals surface area contributed by atoms with Crippen molar-refractivity contribution in [2.75, 3.05) is 18.1 Å². The molecule has 0 fully saturated rings. The Hall–Kier alpha value is -1.17. The third-order valence-electron chi connectivity index (χ3n) is 2.43. The molecule has 0 aromatic heterocycles. The molecule has 1 rings (SSSR count). The second-order valence-electron chi connectivity index (χ2n) is 3.83. The molecule has 0 atom stereocenters. The number of thioether (sulfide) groups is 1. The van der Waals surface area contributed by atoms with Crippen molar-refractivity contribution in [2.45, 2.75) is 6.54 Å². The molecule has 104 valence electrons. The van der Waals surface area contributed by atoms with Crippen LogP contribution in [0.25, 0.3) is 0 Å². The molecule has 0 bridgehead atoms. The zero-order valence-electron chi connectivity index (χ0n) is 10.6. The Morgan fingerprint density at radius 3 is 3.00 bits per heavy atom. The van der Waals surface area contributed by atoms with E-state index in [9.17, 15) is 0 Å². The van der Waals surface area contributed by atoms with Gasteiger partial charge in [0.05, 0.1) is 0 Å². The van der Waals surface area contributed by atoms with Crippen LogP contribution in [0.5, 0.6) is 0 Å². The van der Waals surface area contributed by atoms with Crippen LogP contribution in [0.2, 0.25) is 5.02 Å². The van der Waals surface area contributed by atoms with Gasteiger partial charge in [-0.1, -0.05) is 35.0 Å². The minimum atomic E-state index is 0.0576. The third kappa shape index (κ3) is 5.55. The van der Waals surface area contributed by atoms with Gasteiger partial charge in [0.25, 0.3) is 0 Å². The van der Waals surface area contributed by atoms with Gasteiger partial charge in [-0.05, 0) is 11.6 Å². The molecule has 1 aromatic rings. The maximum Gasteiger partial charge on any atom is 0.170 e. The van der Waals surface area contributed by atoms with Gasteiger partial charge in [0.2, 0.25) is 0 Å². The van der Waals surface area contributed by atoms with Gasteiger partial charge >= 0.3 is 0 Å². The average molecular weight is 300 g/mol. The first-order valence-electron chi connectivity index (χ1n) is 5.84. The van der Waals surface area contributed by atoms with E-state index in [-0.39, 0.29) is 5.84 Å². The topological polar surface area (TPSA) is 70.6 Å². The molecule has 1 aromatic carbocycles. The summed E-state index contributed by atoms with van der Waals surface area (Å²) in [6.07, 6.45) is 1.90. The summed E-state index contributed by atoms with van der Waals surface area (Å²) in [5.41, 5.74) is 7.10. The van der Waals surface area contributed by atoms with Crippen molar-refractivity contribution in [1.29, 1.82) is 0 Å². The summed E-state index contributed by atoms with van der Waals surface area (Å²) in [5.74, 6) is 2.06. The van der Waals surface area contributed by atoms with E-state index in [1.807, 2.05) is 23.9 Å². The van der Waals surface area contributed by atoms with Gasteiger partial charge in [0.15, 0.2) is 5.84 Å². The minimum absolute atomic E-state index is 0.0576. The summed E-state index contributed by atoms with van der Waals surface area (Å²) in [5, 5.41) is 15.5. The van der Waals surface area contributed by atoms with E-state index in [1.165, 1.54) is 0 Å². The Kier molecular flexibility index (Phi) is 7.40. The van der Waals surface area contributed by atoms with Crippen LogP contribution in [-0.4, -0.2) is 29.1 Å². The summed E-state index contributed by atoms with van der Waals surface area (Å²) in [7, 11) is 0. The Bertz CT molecular complexity index is 452. The van der Waals surface area contributed by atoms with Gasteiger partial charge in [0, 0.05) is 35.2 Å². The summed E-state index contributed by atoms with van der Waals surface area (Å²) >= 11 is 7.97. The Morgan fingerprint density at radius 2 is 2.37 bits per heavy atom. The zero-order valence-corrected chi connectivity index (χ0v) is 12.2. The van der Waals surface area contributed by atoms with Crippen molar-refractivity contribution in [2.24, 2.45) is 10.9 Å². The molecular formula is C13H18ClN3OS. The fraction of sp³-hybridized carbons (Fsp3) is 0.308. The van der Waals surface area contributed by atoms with Gasteiger partial charge in [-0.15, -0.1) is 6.58 Å². The van der Waals surface area contributed by atoms with Gasteiger partial charge in [-0.25, -0.2) is 0 Å². The molecule has 0 spiro atoms. The minimum Gasteiger partial charge on any atom is -0.409 e. The van der Waals surface area contributed by atoms with E-state index in [0.717, 1.165) is 23.6 Å². The van der Waals surface area contributed by atoms with Crippen LogP contribution in [0.3, 0.4) is 0 Å². The lowest BCUT2D eigenvalue weighted by Crippen LogP contribution is -2.17. The quantitative estimate of drug-likeness (QED) is 0.172. The molecule has 0 saturated carbocycles. The maximum atomic E-state index is 8.59. The van der Waals surface area contributed by atoms with Crippen molar-refractivity contribution in [3.05, 3.63) is 47.0 Å². The normalized spacial score (nSPS) is 11.5. The average Bonchev–Trinajstić information content (AvgIpc) is 2.43. The summed E-state index contributed by atoms with van der Waals surface area (Å²) in [4.78, 5) is 0. The van der Waals surface area contributed by atoms with Gasteiger partial charge in [0.1, 0.15) is 0 Å². The molecular weight excluding hydrogens is 282 g/mol. The number of oxime groups is 1. The first-order valence-corrected chi connectivity index (χ1v) is 7.38. The molecule has 0 radical (unpaired) electrons. The van der Waals surface area contributed by atoms with Crippen LogP contribution in [0.1, 0.15) is 11.1 Å². The van der Waals surface area contributed by atoms with Crippen LogP contribution in [0.4, 0.5) is 0 Å². The molecule has 0 aliphatic heterocycles. The van der Waals surface area contributed by atoms with Crippen molar-refractivity contribution >= 4 is 29.2 Å². The highest BCUT2D eigenvalue weighted by Crippen LogP contribution is 2.17. The third-order valence-corrected chi connectivity index (χ3v) is 3.75. The van der Waals surface area contributed by atoms with Gasteiger partial charge in [-0.3, -0.25) is 0 Å². The van der Waals surface area contributed by atoms with E-state index >= 15 is 0 Å². The van der Waals surface area contributed by atoms with Crippen LogP contribution in [0.15, 0.2) is 36.0 Å². The number of rotatable bonds is 8. The smallest absolute Gasteiger partial charge is 0.170 e. The Labute approximate surface area is 122 Å². The Morgan fingerprint density at radius 1 is 1.58 bits per heavy atom. The molecule has 0 aliphatic carbocycles. The highest BCUT2D eigenvalue weighted by atomic mass is 35.5. The second-order valence-corrected chi connectivity index (χ2v) is 5.39. The van der Waals surface area contributed by atoms with E-state index in [0.29, 0.717) is 17.1 Å². The number of benzene rings is 1. The van der Waals surface area contributed by atoms with Crippen molar-refractivity contribution in [3.8, 4) is 0 Å². The number of amidine groups is 1. The molecule has 0 aliphatic rings.